The van der Waals surface area contributed by atoms with Crippen LogP contribution in [-0.2, 0) is 10.2 Å². The highest BCUT2D eigenvalue weighted by Crippen LogP contribution is 2.22. The number of nitrogens with zero attached hydrogens (tertiary/aromatic N) is 1. The second-order valence-electron chi connectivity index (χ2n) is 8.24. The number of aliphatic hydroxyl groups is 1. The van der Waals surface area contributed by atoms with Gasteiger partial charge in [-0.25, -0.2) is 0 Å². The Morgan fingerprint density at radius 1 is 1.07 bits per heavy atom. The third-order valence-corrected chi connectivity index (χ3v) is 5.12. The molecule has 0 spiro atoms. The summed E-state index contributed by atoms with van der Waals surface area (Å²) in [4.78, 5) is 14.6. The highest BCUT2D eigenvalue weighted by atomic mass is 16.5. The van der Waals surface area contributed by atoms with Gasteiger partial charge in [0.2, 0.25) is 0 Å². The first-order valence-corrected chi connectivity index (χ1v) is 9.84. The number of carbonyl (C=O) groups excluding carboxylic acids is 1. The van der Waals surface area contributed by atoms with Gasteiger partial charge in [0.25, 0.3) is 5.91 Å². The highest BCUT2D eigenvalue weighted by Gasteiger charge is 2.16. The smallest absolute Gasteiger partial charge is 0.251 e. The standard InChI is InChI=1S/C23H30N2O3/c1-23(2,3)19-8-4-18(5-9-19)22(27)24-16-21(26)17-6-10-20(11-7-17)25-12-14-28-15-13-25/h4-11,21,26H,12-16H2,1-3H3,(H,24,27). The molecule has 0 radical (unpaired) electrons. The number of morpholine rings is 1. The molecule has 28 heavy (non-hydrogen) atoms. The van der Waals surface area contributed by atoms with Crippen molar-refractivity contribution in [2.24, 2.45) is 0 Å². The molecule has 1 atom stereocenters. The fourth-order valence-corrected chi connectivity index (χ4v) is 3.26. The molecule has 0 saturated carbocycles. The number of aliphatic hydroxyl groups excluding tert-OH is 1. The van der Waals surface area contributed by atoms with Crippen LogP contribution in [0.5, 0.6) is 0 Å². The van der Waals surface area contributed by atoms with E-state index in [1.54, 1.807) is 0 Å². The van der Waals surface area contributed by atoms with Crippen LogP contribution in [0.1, 0.15) is 48.4 Å². The lowest BCUT2D eigenvalue weighted by molar-refractivity contribution is 0.0916. The van der Waals surface area contributed by atoms with E-state index < -0.39 is 6.10 Å². The van der Waals surface area contributed by atoms with E-state index in [2.05, 4.69) is 31.0 Å². The zero-order chi connectivity index (χ0) is 20.1. The fourth-order valence-electron chi connectivity index (χ4n) is 3.26. The second-order valence-corrected chi connectivity index (χ2v) is 8.24. The Kier molecular flexibility index (Phi) is 6.37. The molecule has 1 unspecified atom stereocenters. The molecular formula is C23H30N2O3. The minimum absolute atomic E-state index is 0.0542. The molecule has 1 saturated heterocycles. The molecule has 2 aromatic carbocycles. The fraction of sp³-hybridized carbons (Fsp3) is 0.435. The van der Waals surface area contributed by atoms with E-state index in [-0.39, 0.29) is 17.9 Å². The van der Waals surface area contributed by atoms with E-state index in [9.17, 15) is 9.90 Å². The van der Waals surface area contributed by atoms with Crippen LogP contribution in [0.2, 0.25) is 0 Å². The third kappa shape index (κ3) is 5.12. The lowest BCUT2D eigenvalue weighted by Gasteiger charge is -2.29. The van der Waals surface area contributed by atoms with Crippen molar-refractivity contribution in [2.75, 3.05) is 37.7 Å². The molecule has 1 heterocycles. The molecule has 1 fully saturated rings. The molecule has 2 aromatic rings. The number of anilines is 1. The molecule has 1 aliphatic rings. The SMILES string of the molecule is CC(C)(C)c1ccc(C(=O)NCC(O)c2ccc(N3CCOCC3)cc2)cc1. The third-order valence-electron chi connectivity index (χ3n) is 5.12. The molecule has 0 aliphatic carbocycles. The molecule has 1 aliphatic heterocycles. The first kappa shape index (κ1) is 20.4. The van der Waals surface area contributed by atoms with Crippen molar-refractivity contribution in [3.8, 4) is 0 Å². The van der Waals surface area contributed by atoms with Gasteiger partial charge in [-0.1, -0.05) is 45.0 Å². The van der Waals surface area contributed by atoms with Crippen LogP contribution in [0.4, 0.5) is 5.69 Å². The van der Waals surface area contributed by atoms with Gasteiger partial charge in [-0.05, 0) is 40.8 Å². The Bertz CT molecular complexity index is 773. The lowest BCUT2D eigenvalue weighted by atomic mass is 9.87. The minimum atomic E-state index is -0.739. The average Bonchev–Trinajstić information content (AvgIpc) is 2.72. The van der Waals surface area contributed by atoms with Crippen LogP contribution in [0.3, 0.4) is 0 Å². The van der Waals surface area contributed by atoms with Gasteiger partial charge in [-0.2, -0.15) is 0 Å². The van der Waals surface area contributed by atoms with Crippen molar-refractivity contribution in [1.29, 1.82) is 0 Å². The van der Waals surface area contributed by atoms with Gasteiger partial charge in [0.1, 0.15) is 0 Å². The van der Waals surface area contributed by atoms with E-state index >= 15 is 0 Å². The van der Waals surface area contributed by atoms with Crippen LogP contribution >= 0.6 is 0 Å². The Balaban J connectivity index is 1.54. The predicted octanol–water partition coefficient (Wildman–Crippen LogP) is 3.28. The summed E-state index contributed by atoms with van der Waals surface area (Å²) in [5.41, 5.74) is 3.76. The van der Waals surface area contributed by atoms with Crippen molar-refractivity contribution < 1.29 is 14.6 Å². The largest absolute Gasteiger partial charge is 0.387 e. The number of hydrogen-bond acceptors (Lipinski definition) is 4. The van der Waals surface area contributed by atoms with Crippen molar-refractivity contribution in [3.05, 3.63) is 65.2 Å². The van der Waals surface area contributed by atoms with Crippen LogP contribution in [0.25, 0.3) is 0 Å². The van der Waals surface area contributed by atoms with Gasteiger partial charge >= 0.3 is 0 Å². The maximum absolute atomic E-state index is 12.4. The summed E-state index contributed by atoms with van der Waals surface area (Å²) in [6, 6.07) is 15.5. The molecule has 2 N–H and O–H groups in total. The Hall–Kier alpha value is -2.37. The number of amides is 1. The number of ether oxygens (including phenoxy) is 1. The number of benzene rings is 2. The van der Waals surface area contributed by atoms with Crippen LogP contribution in [0, 0.1) is 0 Å². The molecular weight excluding hydrogens is 352 g/mol. The molecule has 150 valence electrons. The van der Waals surface area contributed by atoms with Crippen LogP contribution < -0.4 is 10.2 Å². The van der Waals surface area contributed by atoms with Crippen molar-refractivity contribution in [3.63, 3.8) is 0 Å². The van der Waals surface area contributed by atoms with E-state index in [1.807, 2.05) is 48.5 Å². The molecule has 5 nitrogen and oxygen atoms in total. The Morgan fingerprint density at radius 2 is 1.68 bits per heavy atom. The van der Waals surface area contributed by atoms with Crippen molar-refractivity contribution >= 4 is 11.6 Å². The summed E-state index contributed by atoms with van der Waals surface area (Å²) in [5, 5.41) is 13.2. The molecule has 1 amide bonds. The zero-order valence-electron chi connectivity index (χ0n) is 16.9. The van der Waals surface area contributed by atoms with Gasteiger partial charge in [0.05, 0.1) is 19.3 Å². The minimum Gasteiger partial charge on any atom is -0.387 e. The monoisotopic (exact) mass is 382 g/mol. The quantitative estimate of drug-likeness (QED) is 0.833. The maximum atomic E-state index is 12.4. The van der Waals surface area contributed by atoms with E-state index in [1.165, 1.54) is 5.56 Å². The Morgan fingerprint density at radius 3 is 2.25 bits per heavy atom. The summed E-state index contributed by atoms with van der Waals surface area (Å²) in [6.45, 7) is 9.85. The predicted molar refractivity (Wildman–Crippen MR) is 112 cm³/mol. The lowest BCUT2D eigenvalue weighted by Crippen LogP contribution is -2.36. The van der Waals surface area contributed by atoms with Gasteiger partial charge in [0, 0.05) is 30.9 Å². The average molecular weight is 383 g/mol. The summed E-state index contributed by atoms with van der Waals surface area (Å²) in [7, 11) is 0. The molecule has 0 aromatic heterocycles. The summed E-state index contributed by atoms with van der Waals surface area (Å²) in [6.07, 6.45) is -0.739. The zero-order valence-corrected chi connectivity index (χ0v) is 16.9. The number of carbonyl (C=O) groups is 1. The van der Waals surface area contributed by atoms with Gasteiger partial charge in [-0.3, -0.25) is 4.79 Å². The number of hydrogen-bond donors (Lipinski definition) is 2. The highest BCUT2D eigenvalue weighted by molar-refractivity contribution is 5.94. The Labute approximate surface area is 167 Å². The number of rotatable bonds is 5. The summed E-state index contributed by atoms with van der Waals surface area (Å²) >= 11 is 0. The molecule has 0 bridgehead atoms. The van der Waals surface area contributed by atoms with Gasteiger partial charge in [0.15, 0.2) is 0 Å². The van der Waals surface area contributed by atoms with E-state index in [4.69, 9.17) is 4.74 Å². The van der Waals surface area contributed by atoms with Gasteiger partial charge < -0.3 is 20.1 Å². The first-order chi connectivity index (χ1) is 13.3. The van der Waals surface area contributed by atoms with Crippen LogP contribution in [-0.4, -0.2) is 43.9 Å². The summed E-state index contributed by atoms with van der Waals surface area (Å²) < 4.78 is 5.38. The summed E-state index contributed by atoms with van der Waals surface area (Å²) in [5.74, 6) is -0.176. The van der Waals surface area contributed by atoms with Crippen LogP contribution in [0.15, 0.2) is 48.5 Å². The molecule has 5 heteroatoms. The van der Waals surface area contributed by atoms with E-state index in [0.29, 0.717) is 5.56 Å². The normalized spacial score (nSPS) is 15.9. The topological polar surface area (TPSA) is 61.8 Å². The van der Waals surface area contributed by atoms with Crippen molar-refractivity contribution in [1.82, 2.24) is 5.32 Å². The maximum Gasteiger partial charge on any atom is 0.251 e. The first-order valence-electron chi connectivity index (χ1n) is 9.84. The number of nitrogens with one attached hydrogen (secondary N) is 1. The second kappa shape index (κ2) is 8.76. The van der Waals surface area contributed by atoms with Crippen molar-refractivity contribution in [2.45, 2.75) is 32.3 Å². The van der Waals surface area contributed by atoms with Gasteiger partial charge in [-0.15, -0.1) is 0 Å². The van der Waals surface area contributed by atoms with E-state index in [0.717, 1.165) is 37.6 Å². The molecule has 3 rings (SSSR count).